The summed E-state index contributed by atoms with van der Waals surface area (Å²) in [7, 11) is 0. The van der Waals surface area contributed by atoms with Crippen LogP contribution < -0.4 is 62.9 Å². The summed E-state index contributed by atoms with van der Waals surface area (Å²) in [6.45, 7) is 3.90. The van der Waals surface area contributed by atoms with E-state index in [1.54, 1.807) is 12.4 Å². The Morgan fingerprint density at radius 1 is 1.17 bits per heavy atom. The summed E-state index contributed by atoms with van der Waals surface area (Å²) < 4.78 is 2.18. The molecule has 0 spiro atoms. The number of anilines is 2. The van der Waals surface area contributed by atoms with Crippen LogP contribution in [-0.4, -0.2) is 15.0 Å². The van der Waals surface area contributed by atoms with Crippen LogP contribution in [0, 0.1) is 28.1 Å². The number of halogens is 1. The maximum absolute atomic E-state index is 7.13. The second-order valence-electron chi connectivity index (χ2n) is 4.28. The van der Waals surface area contributed by atoms with E-state index >= 15 is 0 Å². The number of pyridine rings is 2. The van der Waals surface area contributed by atoms with Gasteiger partial charge in [0.05, 0.1) is 22.8 Å². The van der Waals surface area contributed by atoms with E-state index in [-0.39, 0.29) is 51.4 Å². The Labute approximate surface area is 206 Å². The molecule has 0 aliphatic carbocycles. The minimum Gasteiger partial charge on any atom is -0.696 e. The third kappa shape index (κ3) is 8.30. The molecule has 0 bridgehead atoms. The van der Waals surface area contributed by atoms with Crippen LogP contribution in [-0.2, 0) is 12.6 Å². The Hall–Kier alpha value is -0.134. The predicted octanol–water partition coefficient (Wildman–Crippen LogP) is 0.177. The summed E-state index contributed by atoms with van der Waals surface area (Å²) in [4.78, 5) is 12.2. The number of aromatic nitrogens is 3. The van der Waals surface area contributed by atoms with E-state index < -0.39 is 0 Å². The molecule has 0 radical (unpaired) electrons. The van der Waals surface area contributed by atoms with Crippen molar-refractivity contribution in [3.63, 3.8) is 0 Å². The van der Waals surface area contributed by atoms with Gasteiger partial charge in [-0.2, -0.15) is 0 Å². The zero-order chi connectivity index (χ0) is 17.4. The Balaban J connectivity index is 0.000000372. The minimum atomic E-state index is 0. The quantitative estimate of drug-likeness (QED) is 0.198. The van der Waals surface area contributed by atoms with Gasteiger partial charge in [0.15, 0.2) is 5.13 Å². The zero-order valence-electron chi connectivity index (χ0n) is 13.4. The van der Waals surface area contributed by atoms with E-state index in [4.69, 9.17) is 16.7 Å². The van der Waals surface area contributed by atoms with Crippen LogP contribution in [0.15, 0.2) is 24.5 Å². The molecule has 0 aliphatic rings. The largest absolute Gasteiger partial charge is 1.00 e. The Bertz CT molecular complexity index is 834. The van der Waals surface area contributed by atoms with E-state index in [2.05, 4.69) is 50.2 Å². The normalized spacial score (nSPS) is 8.75. The van der Waals surface area contributed by atoms with Gasteiger partial charge in [-0.1, -0.05) is 16.7 Å². The molecule has 0 saturated heterocycles. The van der Waals surface area contributed by atoms with Crippen LogP contribution in [0.25, 0.3) is 10.2 Å². The first-order valence-electron chi connectivity index (χ1n) is 6.25. The molecule has 0 amide bonds. The molecule has 3 heterocycles. The van der Waals surface area contributed by atoms with Crippen LogP contribution in [0.2, 0.25) is 0 Å². The Morgan fingerprint density at radius 3 is 2.25 bits per heavy atom. The first kappa shape index (κ1) is 23.9. The fourth-order valence-corrected chi connectivity index (χ4v) is 2.88. The number of thiocyanates is 1. The van der Waals surface area contributed by atoms with E-state index in [0.717, 1.165) is 30.9 Å². The molecule has 120 valence electrons. The number of aryl methyl sites for hydroxylation is 2. The standard InChI is InChI=1S/C7H7N3S.C6H7IN2.CHNS.K/c1-4-2-6-5(3-9-4)10-7(8)11-6;1-4-2-5(7)6(8)3-9-4;2-1-3;/h2-3H,1H3,(H2,8,10);2-3H,8H2,1H3;3H;/q;;;+1/p-1. The number of thiazole rings is 1. The fourth-order valence-electron chi connectivity index (χ4n) is 1.48. The first-order chi connectivity index (χ1) is 10.9. The van der Waals surface area contributed by atoms with Crippen LogP contribution in [0.1, 0.15) is 11.4 Å². The molecule has 0 saturated carbocycles. The number of fused-ring (bicyclic) bond motifs is 1. The summed E-state index contributed by atoms with van der Waals surface area (Å²) in [6.07, 6.45) is 3.43. The summed E-state index contributed by atoms with van der Waals surface area (Å²) in [6, 6.07) is 3.94. The maximum Gasteiger partial charge on any atom is 1.00 e. The van der Waals surface area contributed by atoms with Crippen LogP contribution >= 0.6 is 33.9 Å². The molecule has 0 aromatic carbocycles. The molecule has 0 fully saturated rings. The monoisotopic (exact) mass is 496 g/mol. The van der Waals surface area contributed by atoms with Crippen molar-refractivity contribution in [2.24, 2.45) is 0 Å². The first-order valence-corrected chi connectivity index (χ1v) is 8.55. The molecule has 10 heteroatoms. The van der Waals surface area contributed by atoms with Crippen molar-refractivity contribution >= 4 is 67.6 Å². The van der Waals surface area contributed by atoms with Gasteiger partial charge in [0.1, 0.15) is 5.52 Å². The van der Waals surface area contributed by atoms with E-state index in [1.165, 1.54) is 16.7 Å². The smallest absolute Gasteiger partial charge is 0.696 e. The van der Waals surface area contributed by atoms with Crippen LogP contribution in [0.3, 0.4) is 0 Å². The van der Waals surface area contributed by atoms with Crippen molar-refractivity contribution < 1.29 is 51.4 Å². The minimum absolute atomic E-state index is 0. The molecule has 4 N–H and O–H groups in total. The average Bonchev–Trinajstić information content (AvgIpc) is 2.84. The van der Waals surface area contributed by atoms with Gasteiger partial charge < -0.3 is 24.1 Å². The molecular formula is C14H14IKN6S2. The number of nitrogen functional groups attached to an aromatic ring is 2. The van der Waals surface area contributed by atoms with E-state index in [9.17, 15) is 0 Å². The topological polar surface area (TPSA) is 114 Å². The number of nitriles is 1. The fraction of sp³-hybridized carbons (Fsp3) is 0.143. The van der Waals surface area contributed by atoms with Crippen LogP contribution in [0.5, 0.6) is 0 Å². The molecule has 24 heavy (non-hydrogen) atoms. The van der Waals surface area contributed by atoms with E-state index in [0.29, 0.717) is 5.13 Å². The van der Waals surface area contributed by atoms with E-state index in [1.807, 2.05) is 26.0 Å². The number of rotatable bonds is 0. The summed E-state index contributed by atoms with van der Waals surface area (Å²) in [5.74, 6) is 0. The molecule has 3 aromatic rings. The van der Waals surface area contributed by atoms with Crippen molar-refractivity contribution in [3.05, 3.63) is 39.5 Å². The SMILES string of the molecule is Cc1cc(I)c(N)cn1.Cc1cc2sc(N)nc2cn1.N#C[S-].[K+]. The number of nitrogens with zero attached hydrogens (tertiary/aromatic N) is 4. The second-order valence-corrected chi connectivity index (χ2v) is 6.69. The van der Waals surface area contributed by atoms with Gasteiger partial charge in [-0.05, 0) is 48.6 Å². The molecular weight excluding hydrogens is 482 g/mol. The maximum atomic E-state index is 7.13. The third-order valence-electron chi connectivity index (χ3n) is 2.45. The molecule has 3 rings (SSSR count). The number of nitrogens with two attached hydrogens (primary N) is 2. The van der Waals surface area contributed by atoms with Gasteiger partial charge >= 0.3 is 51.4 Å². The van der Waals surface area contributed by atoms with Gasteiger partial charge in [-0.25, -0.2) is 10.2 Å². The van der Waals surface area contributed by atoms with Crippen LogP contribution in [0.4, 0.5) is 10.8 Å². The van der Waals surface area contributed by atoms with Gasteiger partial charge in [-0.15, -0.1) is 0 Å². The van der Waals surface area contributed by atoms with Gasteiger partial charge in [0.2, 0.25) is 0 Å². The number of hydrogen-bond donors (Lipinski definition) is 2. The van der Waals surface area contributed by atoms with Gasteiger partial charge in [0, 0.05) is 15.0 Å². The number of hydrogen-bond acceptors (Lipinski definition) is 8. The van der Waals surface area contributed by atoms with Crippen molar-refractivity contribution in [3.8, 4) is 5.40 Å². The molecule has 3 aromatic heterocycles. The predicted molar refractivity (Wildman–Crippen MR) is 106 cm³/mol. The third-order valence-corrected chi connectivity index (χ3v) is 4.23. The van der Waals surface area contributed by atoms with Gasteiger partial charge in [0.25, 0.3) is 0 Å². The molecule has 0 atom stereocenters. The Kier molecular flexibility index (Phi) is 12.2. The molecule has 0 aliphatic heterocycles. The van der Waals surface area contributed by atoms with Crippen molar-refractivity contribution in [2.75, 3.05) is 11.5 Å². The summed E-state index contributed by atoms with van der Waals surface area (Å²) in [5, 5.41) is 9.07. The van der Waals surface area contributed by atoms with Gasteiger partial charge in [-0.3, -0.25) is 9.97 Å². The van der Waals surface area contributed by atoms with Crippen molar-refractivity contribution in [1.29, 1.82) is 5.26 Å². The second kappa shape index (κ2) is 12.3. The van der Waals surface area contributed by atoms with Crippen molar-refractivity contribution in [1.82, 2.24) is 15.0 Å². The summed E-state index contributed by atoms with van der Waals surface area (Å²) in [5.41, 5.74) is 14.7. The van der Waals surface area contributed by atoms with Crippen molar-refractivity contribution in [2.45, 2.75) is 13.8 Å². The molecule has 6 nitrogen and oxygen atoms in total. The average molecular weight is 496 g/mol. The zero-order valence-corrected chi connectivity index (χ0v) is 20.4. The Morgan fingerprint density at radius 2 is 1.71 bits per heavy atom. The summed E-state index contributed by atoms with van der Waals surface area (Å²) >= 11 is 7.38. The molecule has 0 unspecified atom stereocenters.